The van der Waals surface area contributed by atoms with E-state index < -0.39 is 5.97 Å². The Morgan fingerprint density at radius 1 is 1.15 bits per heavy atom. The van der Waals surface area contributed by atoms with Crippen LogP contribution in [0.4, 0.5) is 0 Å². The first-order valence-electron chi connectivity index (χ1n) is 8.59. The Balaban J connectivity index is 1.58. The maximum Gasteiger partial charge on any atom is 0.344 e. The summed E-state index contributed by atoms with van der Waals surface area (Å²) < 4.78 is 10.7. The van der Waals surface area contributed by atoms with Crippen LogP contribution in [0.15, 0.2) is 53.4 Å². The van der Waals surface area contributed by atoms with Crippen molar-refractivity contribution in [3.63, 3.8) is 0 Å². The van der Waals surface area contributed by atoms with E-state index >= 15 is 0 Å². The molecule has 0 saturated carbocycles. The van der Waals surface area contributed by atoms with Gasteiger partial charge in [-0.25, -0.2) is 9.78 Å². The van der Waals surface area contributed by atoms with E-state index in [1.807, 2.05) is 54.8 Å². The molecular formula is C21H20ClNO3S. The highest BCUT2D eigenvalue weighted by molar-refractivity contribution is 7.98. The minimum atomic E-state index is -0.455. The minimum Gasteiger partial charge on any atom is -0.482 e. The average Bonchev–Trinajstić information content (AvgIpc) is 2.70. The molecule has 0 bridgehead atoms. The molecule has 0 N–H and O–H groups in total. The van der Waals surface area contributed by atoms with E-state index in [2.05, 4.69) is 11.9 Å². The number of carbonyl (C=O) groups is 1. The van der Waals surface area contributed by atoms with Crippen LogP contribution in [0.1, 0.15) is 18.1 Å². The first-order chi connectivity index (χ1) is 13.1. The molecule has 0 aliphatic carbocycles. The molecule has 4 nitrogen and oxygen atoms in total. The number of aromatic nitrogens is 1. The van der Waals surface area contributed by atoms with Gasteiger partial charge in [-0.3, -0.25) is 0 Å². The molecule has 0 fully saturated rings. The molecule has 0 amide bonds. The van der Waals surface area contributed by atoms with E-state index in [-0.39, 0.29) is 13.2 Å². The standard InChI is InChI=1S/C21H20ClNO3S/c1-3-14-4-7-17(8-5-14)25-13-20(24)26-12-16-10-15-6-9-18(27-2)11-19(15)23-21(16)22/h4-11H,3,12-13H2,1-2H3. The summed E-state index contributed by atoms with van der Waals surface area (Å²) in [6, 6.07) is 15.5. The van der Waals surface area contributed by atoms with E-state index in [9.17, 15) is 4.79 Å². The summed E-state index contributed by atoms with van der Waals surface area (Å²) in [5.74, 6) is 0.183. The van der Waals surface area contributed by atoms with Gasteiger partial charge in [0.2, 0.25) is 0 Å². The first kappa shape index (κ1) is 19.5. The molecule has 0 aliphatic rings. The lowest BCUT2D eigenvalue weighted by atomic mass is 10.2. The molecule has 0 aliphatic heterocycles. The molecule has 1 aromatic heterocycles. The van der Waals surface area contributed by atoms with Gasteiger partial charge in [-0.15, -0.1) is 11.8 Å². The molecule has 0 saturated heterocycles. The van der Waals surface area contributed by atoms with Gasteiger partial charge < -0.3 is 9.47 Å². The second-order valence-electron chi connectivity index (χ2n) is 5.94. The van der Waals surface area contributed by atoms with Crippen molar-refractivity contribution in [2.75, 3.05) is 12.9 Å². The van der Waals surface area contributed by atoms with Crippen molar-refractivity contribution in [3.8, 4) is 5.75 Å². The van der Waals surface area contributed by atoms with Crippen molar-refractivity contribution in [2.45, 2.75) is 24.8 Å². The number of rotatable bonds is 7. The zero-order valence-electron chi connectivity index (χ0n) is 15.2. The number of nitrogens with zero attached hydrogens (tertiary/aromatic N) is 1. The molecule has 0 unspecified atom stereocenters. The summed E-state index contributed by atoms with van der Waals surface area (Å²) in [6.07, 6.45) is 2.97. The zero-order chi connectivity index (χ0) is 19.2. The lowest BCUT2D eigenvalue weighted by Gasteiger charge is -2.09. The Morgan fingerprint density at radius 3 is 2.63 bits per heavy atom. The Bertz CT molecular complexity index is 944. The number of hydrogen-bond acceptors (Lipinski definition) is 5. The Kier molecular flexibility index (Phi) is 6.58. The number of ether oxygens (including phenoxy) is 2. The van der Waals surface area contributed by atoms with E-state index in [1.165, 1.54) is 5.56 Å². The van der Waals surface area contributed by atoms with Crippen molar-refractivity contribution >= 4 is 40.2 Å². The van der Waals surface area contributed by atoms with Crippen LogP contribution in [0.5, 0.6) is 5.75 Å². The number of hydrogen-bond donors (Lipinski definition) is 0. The monoisotopic (exact) mass is 401 g/mol. The summed E-state index contributed by atoms with van der Waals surface area (Å²) in [7, 11) is 0. The van der Waals surface area contributed by atoms with Crippen LogP contribution >= 0.6 is 23.4 Å². The van der Waals surface area contributed by atoms with Crippen LogP contribution in [0, 0.1) is 0 Å². The molecule has 0 spiro atoms. The fourth-order valence-electron chi connectivity index (χ4n) is 2.56. The fraction of sp³-hybridized carbons (Fsp3) is 0.238. The molecule has 2 aromatic carbocycles. The maximum absolute atomic E-state index is 12.0. The van der Waals surface area contributed by atoms with Crippen molar-refractivity contribution in [3.05, 3.63) is 64.8 Å². The number of benzene rings is 2. The highest BCUT2D eigenvalue weighted by Gasteiger charge is 2.10. The number of aryl methyl sites for hydroxylation is 1. The van der Waals surface area contributed by atoms with Crippen LogP contribution < -0.4 is 4.74 Å². The minimum absolute atomic E-state index is 0.0586. The predicted molar refractivity (Wildman–Crippen MR) is 110 cm³/mol. The molecule has 0 atom stereocenters. The second-order valence-corrected chi connectivity index (χ2v) is 7.18. The smallest absolute Gasteiger partial charge is 0.344 e. The van der Waals surface area contributed by atoms with E-state index in [0.717, 1.165) is 22.2 Å². The molecule has 6 heteroatoms. The number of carbonyl (C=O) groups excluding carboxylic acids is 1. The van der Waals surface area contributed by atoms with Crippen molar-refractivity contribution in [1.29, 1.82) is 0 Å². The van der Waals surface area contributed by atoms with Crippen molar-refractivity contribution in [2.24, 2.45) is 0 Å². The lowest BCUT2D eigenvalue weighted by Crippen LogP contribution is -2.15. The Labute approximate surface area is 167 Å². The molecule has 3 aromatic rings. The summed E-state index contributed by atoms with van der Waals surface area (Å²) in [5, 5.41) is 1.29. The third-order valence-electron chi connectivity index (χ3n) is 4.13. The SMILES string of the molecule is CCc1ccc(OCC(=O)OCc2cc3ccc(SC)cc3nc2Cl)cc1. The number of fused-ring (bicyclic) bond motifs is 1. The van der Waals surface area contributed by atoms with Gasteiger partial charge in [0.1, 0.15) is 17.5 Å². The van der Waals surface area contributed by atoms with Crippen LogP contribution in [0.3, 0.4) is 0 Å². The summed E-state index contributed by atoms with van der Waals surface area (Å²) in [5.41, 5.74) is 2.70. The van der Waals surface area contributed by atoms with Gasteiger partial charge in [0, 0.05) is 15.8 Å². The molecule has 27 heavy (non-hydrogen) atoms. The van der Waals surface area contributed by atoms with Gasteiger partial charge in [-0.05, 0) is 48.6 Å². The summed E-state index contributed by atoms with van der Waals surface area (Å²) in [4.78, 5) is 17.5. The Morgan fingerprint density at radius 2 is 1.93 bits per heavy atom. The molecule has 140 valence electrons. The number of esters is 1. The van der Waals surface area contributed by atoms with E-state index in [0.29, 0.717) is 16.5 Å². The van der Waals surface area contributed by atoms with Gasteiger partial charge in [0.05, 0.1) is 5.52 Å². The van der Waals surface area contributed by atoms with Crippen LogP contribution in [-0.2, 0) is 22.6 Å². The van der Waals surface area contributed by atoms with Crippen LogP contribution in [0.25, 0.3) is 10.9 Å². The number of thioether (sulfide) groups is 1. The van der Waals surface area contributed by atoms with Gasteiger partial charge in [0.25, 0.3) is 0 Å². The largest absolute Gasteiger partial charge is 0.482 e. The zero-order valence-corrected chi connectivity index (χ0v) is 16.8. The van der Waals surface area contributed by atoms with Gasteiger partial charge >= 0.3 is 5.97 Å². The van der Waals surface area contributed by atoms with Gasteiger partial charge in [-0.2, -0.15) is 0 Å². The predicted octanol–water partition coefficient (Wildman–Crippen LogP) is 5.29. The third-order valence-corrected chi connectivity index (χ3v) is 5.18. The quantitative estimate of drug-likeness (QED) is 0.305. The first-order valence-corrected chi connectivity index (χ1v) is 10.2. The van der Waals surface area contributed by atoms with Gasteiger partial charge in [-0.1, -0.05) is 36.7 Å². The van der Waals surface area contributed by atoms with Gasteiger partial charge in [0.15, 0.2) is 6.61 Å². The van der Waals surface area contributed by atoms with Crippen molar-refractivity contribution in [1.82, 2.24) is 4.98 Å². The van der Waals surface area contributed by atoms with E-state index in [1.54, 1.807) is 11.8 Å². The average molecular weight is 402 g/mol. The summed E-state index contributed by atoms with van der Waals surface area (Å²) in [6.45, 7) is 1.99. The van der Waals surface area contributed by atoms with Crippen LogP contribution in [0.2, 0.25) is 5.15 Å². The number of pyridine rings is 1. The topological polar surface area (TPSA) is 48.4 Å². The second kappa shape index (κ2) is 9.11. The maximum atomic E-state index is 12.0. The normalized spacial score (nSPS) is 10.8. The lowest BCUT2D eigenvalue weighted by molar-refractivity contribution is -0.147. The Hall–Kier alpha value is -2.24. The van der Waals surface area contributed by atoms with Crippen LogP contribution in [-0.4, -0.2) is 23.8 Å². The molecular weight excluding hydrogens is 382 g/mol. The molecule has 1 heterocycles. The highest BCUT2D eigenvalue weighted by atomic mass is 35.5. The van der Waals surface area contributed by atoms with Crippen molar-refractivity contribution < 1.29 is 14.3 Å². The highest BCUT2D eigenvalue weighted by Crippen LogP contribution is 2.25. The number of halogens is 1. The fourth-order valence-corrected chi connectivity index (χ4v) is 3.19. The third kappa shape index (κ3) is 5.15. The molecule has 0 radical (unpaired) electrons. The summed E-state index contributed by atoms with van der Waals surface area (Å²) >= 11 is 7.89. The molecule has 3 rings (SSSR count). The van der Waals surface area contributed by atoms with E-state index in [4.69, 9.17) is 21.1 Å².